The minimum atomic E-state index is -0.306. The summed E-state index contributed by atoms with van der Waals surface area (Å²) in [5, 5.41) is 3.58. The second kappa shape index (κ2) is 11.5. The third-order valence-electron chi connectivity index (χ3n) is 4.00. The van der Waals surface area contributed by atoms with Crippen LogP contribution in [0.15, 0.2) is 18.2 Å². The molecule has 1 atom stereocenters. The molecule has 2 rings (SSSR count). The topological polar surface area (TPSA) is 15.3 Å². The molecule has 1 heterocycles. The number of nitrogens with one attached hydrogen (secondary N) is 1. The van der Waals surface area contributed by atoms with Crippen LogP contribution in [0, 0.1) is 5.82 Å². The Morgan fingerprint density at radius 3 is 2.50 bits per heavy atom. The molecule has 1 aromatic rings. The molecule has 1 fully saturated rings. The molecule has 0 aliphatic carbocycles. The van der Waals surface area contributed by atoms with Crippen molar-refractivity contribution < 1.29 is 4.39 Å². The zero-order chi connectivity index (χ0) is 14.4. The molecule has 0 unspecified atom stereocenters. The molecule has 1 N–H and O–H groups in total. The summed E-state index contributed by atoms with van der Waals surface area (Å²) in [6.45, 7) is 6.30. The van der Waals surface area contributed by atoms with Crippen LogP contribution in [0.3, 0.4) is 0 Å². The Morgan fingerprint density at radius 1 is 1.23 bits per heavy atom. The molecule has 1 aliphatic heterocycles. The first kappa shape index (κ1) is 21.9. The van der Waals surface area contributed by atoms with Crippen LogP contribution in [0.1, 0.15) is 44.2 Å². The lowest BCUT2D eigenvalue weighted by Gasteiger charge is -2.35. The van der Waals surface area contributed by atoms with Crippen LogP contribution in [0.5, 0.6) is 0 Å². The Balaban J connectivity index is 0.00000220. The maximum atomic E-state index is 13.7. The first-order chi connectivity index (χ1) is 9.72. The number of piperazine rings is 1. The molecule has 1 aliphatic rings. The molecule has 128 valence electrons. The van der Waals surface area contributed by atoms with Gasteiger partial charge in [-0.1, -0.05) is 43.9 Å². The third-order valence-corrected chi connectivity index (χ3v) is 4.31. The van der Waals surface area contributed by atoms with Gasteiger partial charge in [0.25, 0.3) is 0 Å². The van der Waals surface area contributed by atoms with Crippen molar-refractivity contribution in [2.24, 2.45) is 0 Å². The molecule has 1 aromatic carbocycles. The number of rotatable bonds is 6. The van der Waals surface area contributed by atoms with Crippen molar-refractivity contribution in [3.8, 4) is 0 Å². The molecular weight excluding hydrogens is 346 g/mol. The number of unbranched alkanes of at least 4 members (excludes halogenated alkanes) is 2. The highest BCUT2D eigenvalue weighted by Crippen LogP contribution is 2.29. The van der Waals surface area contributed by atoms with Gasteiger partial charge in [0.15, 0.2) is 0 Å². The second-order valence-corrected chi connectivity index (χ2v) is 5.88. The summed E-state index contributed by atoms with van der Waals surface area (Å²) in [6, 6.07) is 5.59. The lowest BCUT2D eigenvalue weighted by Crippen LogP contribution is -2.45. The van der Waals surface area contributed by atoms with Crippen molar-refractivity contribution in [1.29, 1.82) is 0 Å². The number of hydrogen-bond donors (Lipinski definition) is 1. The number of hydrogen-bond acceptors (Lipinski definition) is 2. The van der Waals surface area contributed by atoms with E-state index >= 15 is 0 Å². The van der Waals surface area contributed by atoms with Gasteiger partial charge in [-0.15, -0.1) is 24.8 Å². The first-order valence-corrected chi connectivity index (χ1v) is 8.00. The van der Waals surface area contributed by atoms with Crippen molar-refractivity contribution >= 4 is 36.4 Å². The summed E-state index contributed by atoms with van der Waals surface area (Å²) in [5.41, 5.74) is 1.06. The molecule has 0 radical (unpaired) electrons. The molecule has 0 aromatic heterocycles. The zero-order valence-corrected chi connectivity index (χ0v) is 15.4. The van der Waals surface area contributed by atoms with Gasteiger partial charge in [-0.25, -0.2) is 4.39 Å². The molecule has 0 amide bonds. The lowest BCUT2D eigenvalue weighted by atomic mass is 9.98. The normalized spacial score (nSPS) is 16.5. The van der Waals surface area contributed by atoms with Crippen LogP contribution >= 0.6 is 36.4 Å². The van der Waals surface area contributed by atoms with E-state index in [9.17, 15) is 4.39 Å². The Labute approximate surface area is 150 Å². The van der Waals surface area contributed by atoms with E-state index in [1.807, 2.05) is 6.07 Å². The largest absolute Gasteiger partial charge is 0.314 e. The second-order valence-electron chi connectivity index (χ2n) is 5.47. The van der Waals surface area contributed by atoms with Crippen LogP contribution < -0.4 is 5.32 Å². The predicted molar refractivity (Wildman–Crippen MR) is 97.2 cm³/mol. The van der Waals surface area contributed by atoms with E-state index in [0.717, 1.165) is 38.2 Å². The molecule has 0 spiro atoms. The lowest BCUT2D eigenvalue weighted by molar-refractivity contribution is 0.162. The van der Waals surface area contributed by atoms with Gasteiger partial charge < -0.3 is 5.32 Å². The fourth-order valence-corrected chi connectivity index (χ4v) is 2.98. The van der Waals surface area contributed by atoms with Gasteiger partial charge in [0.1, 0.15) is 5.82 Å². The maximum absolute atomic E-state index is 13.7. The van der Waals surface area contributed by atoms with Crippen molar-refractivity contribution in [1.82, 2.24) is 10.2 Å². The number of halogens is 4. The molecule has 0 saturated carbocycles. The van der Waals surface area contributed by atoms with Gasteiger partial charge in [-0.05, 0) is 24.1 Å². The predicted octanol–water partition coefficient (Wildman–Crippen LogP) is 4.85. The highest BCUT2D eigenvalue weighted by Gasteiger charge is 2.22. The highest BCUT2D eigenvalue weighted by atomic mass is 35.5. The maximum Gasteiger partial charge on any atom is 0.142 e. The van der Waals surface area contributed by atoms with E-state index in [-0.39, 0.29) is 35.7 Å². The molecule has 2 nitrogen and oxygen atoms in total. The summed E-state index contributed by atoms with van der Waals surface area (Å²) in [6.07, 6.45) is 4.73. The standard InChI is InChI=1S/C16H24ClFN2.2ClH/c1-2-3-4-5-16(20-10-8-19-9-11-20)13-6-7-14(17)15(18)12-13;;/h6-7,12,16,19H,2-5,8-11H2,1H3;2*1H/t16-;;/m0../s1. The van der Waals surface area contributed by atoms with Crippen molar-refractivity contribution in [2.45, 2.75) is 38.6 Å². The monoisotopic (exact) mass is 370 g/mol. The van der Waals surface area contributed by atoms with Gasteiger partial charge in [-0.3, -0.25) is 4.90 Å². The first-order valence-electron chi connectivity index (χ1n) is 7.62. The van der Waals surface area contributed by atoms with E-state index in [1.165, 1.54) is 19.3 Å². The molecule has 1 saturated heterocycles. The van der Waals surface area contributed by atoms with Gasteiger partial charge in [-0.2, -0.15) is 0 Å². The quantitative estimate of drug-likeness (QED) is 0.719. The Kier molecular flexibility index (Phi) is 11.4. The van der Waals surface area contributed by atoms with Crippen molar-refractivity contribution in [3.63, 3.8) is 0 Å². The van der Waals surface area contributed by atoms with E-state index in [0.29, 0.717) is 6.04 Å². The van der Waals surface area contributed by atoms with Crippen molar-refractivity contribution in [2.75, 3.05) is 26.2 Å². The zero-order valence-electron chi connectivity index (χ0n) is 13.0. The Morgan fingerprint density at radius 2 is 1.91 bits per heavy atom. The van der Waals surface area contributed by atoms with E-state index in [4.69, 9.17) is 11.6 Å². The van der Waals surface area contributed by atoms with Gasteiger partial charge in [0.2, 0.25) is 0 Å². The van der Waals surface area contributed by atoms with Crippen LogP contribution in [-0.2, 0) is 0 Å². The van der Waals surface area contributed by atoms with Crippen LogP contribution in [0.25, 0.3) is 0 Å². The smallest absolute Gasteiger partial charge is 0.142 e. The average Bonchev–Trinajstić information content (AvgIpc) is 2.48. The summed E-state index contributed by atoms with van der Waals surface area (Å²) >= 11 is 5.80. The summed E-state index contributed by atoms with van der Waals surface area (Å²) in [7, 11) is 0. The minimum Gasteiger partial charge on any atom is -0.314 e. The Bertz CT molecular complexity index is 426. The molecular formula is C16H26Cl3FN2. The van der Waals surface area contributed by atoms with E-state index in [1.54, 1.807) is 12.1 Å². The number of nitrogens with zero attached hydrogens (tertiary/aromatic N) is 1. The van der Waals surface area contributed by atoms with E-state index in [2.05, 4.69) is 17.1 Å². The van der Waals surface area contributed by atoms with Crippen LogP contribution in [0.4, 0.5) is 4.39 Å². The van der Waals surface area contributed by atoms with E-state index < -0.39 is 0 Å². The summed E-state index contributed by atoms with van der Waals surface area (Å²) in [4.78, 5) is 2.47. The van der Waals surface area contributed by atoms with Crippen LogP contribution in [0.2, 0.25) is 5.02 Å². The molecule has 22 heavy (non-hydrogen) atoms. The summed E-state index contributed by atoms with van der Waals surface area (Å²) < 4.78 is 13.7. The highest BCUT2D eigenvalue weighted by molar-refractivity contribution is 6.30. The number of benzene rings is 1. The molecule has 0 bridgehead atoms. The van der Waals surface area contributed by atoms with Crippen molar-refractivity contribution in [3.05, 3.63) is 34.6 Å². The van der Waals surface area contributed by atoms with Gasteiger partial charge in [0, 0.05) is 32.2 Å². The SMILES string of the molecule is CCCCC[C@@H](c1ccc(Cl)c(F)c1)N1CCNCC1.Cl.Cl. The minimum absolute atomic E-state index is 0. The fourth-order valence-electron chi connectivity index (χ4n) is 2.86. The average molecular weight is 372 g/mol. The van der Waals surface area contributed by atoms with Crippen LogP contribution in [-0.4, -0.2) is 31.1 Å². The molecule has 6 heteroatoms. The Hall–Kier alpha value is -0.0600. The summed E-state index contributed by atoms with van der Waals surface area (Å²) in [5.74, 6) is -0.306. The third kappa shape index (κ3) is 6.21. The van der Waals surface area contributed by atoms with Gasteiger partial charge >= 0.3 is 0 Å². The fraction of sp³-hybridized carbons (Fsp3) is 0.625. The van der Waals surface area contributed by atoms with Gasteiger partial charge in [0.05, 0.1) is 5.02 Å².